The number of hydrogen-bond donors (Lipinski definition) is 1. The predicted molar refractivity (Wildman–Crippen MR) is 115 cm³/mol. The summed E-state index contributed by atoms with van der Waals surface area (Å²) in [5.74, 6) is -1.23. The third-order valence-electron chi connectivity index (χ3n) is 5.44. The van der Waals surface area contributed by atoms with Crippen molar-refractivity contribution in [2.24, 2.45) is 23.2 Å². The molecule has 0 saturated carbocycles. The predicted octanol–water partition coefficient (Wildman–Crippen LogP) is 4.50. The molecule has 1 N–H and O–H groups in total. The van der Waals surface area contributed by atoms with E-state index in [-0.39, 0.29) is 23.7 Å². The SMILES string of the molecule is CC(C)C[C@@H](C(=O)O[C@H](CC1(C)C=CC1C(C)C)C(=O)O)N(C)C(=O)OC(C)(C)C. The van der Waals surface area contributed by atoms with E-state index < -0.39 is 35.8 Å². The van der Waals surface area contributed by atoms with E-state index in [2.05, 4.69) is 19.9 Å². The van der Waals surface area contributed by atoms with E-state index in [0.717, 1.165) is 0 Å². The summed E-state index contributed by atoms with van der Waals surface area (Å²) in [5.41, 5.74) is -1.06. The number of aliphatic carboxylic acids is 1. The Morgan fingerprint density at radius 3 is 2.10 bits per heavy atom. The van der Waals surface area contributed by atoms with E-state index in [1.54, 1.807) is 20.8 Å². The highest BCUT2D eigenvalue weighted by molar-refractivity contribution is 5.84. The molecule has 0 bridgehead atoms. The van der Waals surface area contributed by atoms with Gasteiger partial charge in [0.1, 0.15) is 11.6 Å². The molecule has 0 aromatic rings. The fourth-order valence-electron chi connectivity index (χ4n) is 3.84. The van der Waals surface area contributed by atoms with Crippen LogP contribution in [0.25, 0.3) is 0 Å². The average molecular weight is 426 g/mol. The third kappa shape index (κ3) is 7.03. The van der Waals surface area contributed by atoms with Crippen molar-refractivity contribution in [3.05, 3.63) is 12.2 Å². The molecule has 30 heavy (non-hydrogen) atoms. The maximum Gasteiger partial charge on any atom is 0.410 e. The lowest BCUT2D eigenvalue weighted by Crippen LogP contribution is -2.48. The molecule has 1 rings (SSSR count). The number of rotatable bonds is 9. The first kappa shape index (κ1) is 26.0. The zero-order valence-corrected chi connectivity index (χ0v) is 19.9. The molecular formula is C23H39NO6. The van der Waals surface area contributed by atoms with Crippen molar-refractivity contribution in [1.29, 1.82) is 0 Å². The van der Waals surface area contributed by atoms with Crippen molar-refractivity contribution in [3.8, 4) is 0 Å². The lowest BCUT2D eigenvalue weighted by molar-refractivity contribution is -0.170. The van der Waals surface area contributed by atoms with Crippen LogP contribution >= 0.6 is 0 Å². The normalized spacial score (nSPS) is 23.0. The average Bonchev–Trinajstić information content (AvgIpc) is 2.54. The van der Waals surface area contributed by atoms with Gasteiger partial charge in [0.15, 0.2) is 6.10 Å². The first-order valence-corrected chi connectivity index (χ1v) is 10.7. The molecule has 0 aliphatic heterocycles. The Bertz CT molecular complexity index is 663. The van der Waals surface area contributed by atoms with Gasteiger partial charge in [-0.05, 0) is 50.4 Å². The first-order chi connectivity index (χ1) is 13.6. The summed E-state index contributed by atoms with van der Waals surface area (Å²) >= 11 is 0. The van der Waals surface area contributed by atoms with Gasteiger partial charge >= 0.3 is 18.0 Å². The maximum absolute atomic E-state index is 13.0. The molecule has 0 heterocycles. The summed E-state index contributed by atoms with van der Waals surface area (Å²) in [6.45, 7) is 15.2. The number of likely N-dealkylation sites (N-methyl/N-ethyl adjacent to an activating group) is 1. The fraction of sp³-hybridized carbons (Fsp3) is 0.783. The Kier molecular flexibility index (Phi) is 8.52. The first-order valence-electron chi connectivity index (χ1n) is 10.7. The van der Waals surface area contributed by atoms with Crippen LogP contribution in [0, 0.1) is 23.2 Å². The summed E-state index contributed by atoms with van der Waals surface area (Å²) < 4.78 is 10.8. The van der Waals surface area contributed by atoms with Crippen LogP contribution in [0.2, 0.25) is 0 Å². The Morgan fingerprint density at radius 2 is 1.73 bits per heavy atom. The van der Waals surface area contributed by atoms with Crippen molar-refractivity contribution in [1.82, 2.24) is 4.90 Å². The van der Waals surface area contributed by atoms with Gasteiger partial charge in [0, 0.05) is 13.5 Å². The molecule has 0 aromatic heterocycles. The van der Waals surface area contributed by atoms with Crippen molar-refractivity contribution in [3.63, 3.8) is 0 Å². The van der Waals surface area contributed by atoms with Crippen molar-refractivity contribution < 1.29 is 29.0 Å². The van der Waals surface area contributed by atoms with Crippen LogP contribution < -0.4 is 0 Å². The van der Waals surface area contributed by atoms with E-state index >= 15 is 0 Å². The van der Waals surface area contributed by atoms with Crippen LogP contribution in [0.15, 0.2) is 12.2 Å². The molecule has 0 saturated heterocycles. The minimum absolute atomic E-state index is 0.0909. The van der Waals surface area contributed by atoms with Gasteiger partial charge in [-0.2, -0.15) is 0 Å². The van der Waals surface area contributed by atoms with E-state index in [4.69, 9.17) is 9.47 Å². The number of esters is 1. The highest BCUT2D eigenvalue weighted by Crippen LogP contribution is 2.47. The van der Waals surface area contributed by atoms with E-state index in [0.29, 0.717) is 12.3 Å². The molecule has 1 aliphatic carbocycles. The zero-order chi connectivity index (χ0) is 23.4. The minimum atomic E-state index is -1.28. The molecule has 0 fully saturated rings. The molecule has 7 nitrogen and oxygen atoms in total. The van der Waals surface area contributed by atoms with Gasteiger partial charge in [-0.25, -0.2) is 14.4 Å². The summed E-state index contributed by atoms with van der Waals surface area (Å²) in [4.78, 5) is 38.5. The van der Waals surface area contributed by atoms with Gasteiger partial charge < -0.3 is 14.6 Å². The smallest absolute Gasteiger partial charge is 0.410 e. The number of hydrogen-bond acceptors (Lipinski definition) is 5. The number of carboxylic acid groups (broad SMARTS) is 1. The molecule has 1 amide bonds. The fourth-order valence-corrected chi connectivity index (χ4v) is 3.84. The second-order valence-corrected chi connectivity index (χ2v) is 10.3. The van der Waals surface area contributed by atoms with Crippen LogP contribution in [0.5, 0.6) is 0 Å². The quantitative estimate of drug-likeness (QED) is 0.432. The summed E-state index contributed by atoms with van der Waals surface area (Å²) in [6.07, 6.45) is 2.66. The van der Waals surface area contributed by atoms with E-state index in [1.165, 1.54) is 11.9 Å². The number of carboxylic acids is 1. The molecule has 0 spiro atoms. The van der Waals surface area contributed by atoms with Crippen molar-refractivity contribution in [2.45, 2.75) is 86.0 Å². The summed E-state index contributed by atoms with van der Waals surface area (Å²) in [5, 5.41) is 9.69. The van der Waals surface area contributed by atoms with Crippen LogP contribution in [-0.2, 0) is 19.1 Å². The van der Waals surface area contributed by atoms with Crippen molar-refractivity contribution >= 4 is 18.0 Å². The molecular weight excluding hydrogens is 386 g/mol. The second kappa shape index (κ2) is 9.84. The zero-order valence-electron chi connectivity index (χ0n) is 19.9. The largest absolute Gasteiger partial charge is 0.479 e. The van der Waals surface area contributed by atoms with Gasteiger partial charge in [-0.1, -0.05) is 46.8 Å². The van der Waals surface area contributed by atoms with Gasteiger partial charge in [-0.3, -0.25) is 4.90 Å². The second-order valence-electron chi connectivity index (χ2n) is 10.3. The molecule has 4 atom stereocenters. The lowest BCUT2D eigenvalue weighted by atomic mass is 9.61. The van der Waals surface area contributed by atoms with Crippen LogP contribution in [-0.4, -0.2) is 52.8 Å². The highest BCUT2D eigenvalue weighted by Gasteiger charge is 2.44. The standard InChI is InChI=1S/C23H39NO6/c1-14(2)12-17(24(9)21(28)30-22(5,6)7)20(27)29-18(19(25)26)13-23(8)11-10-16(23)15(3)4/h10-11,14-18H,12-13H2,1-9H3,(H,25,26)/t16?,17-,18+,23?/m0/s1. The van der Waals surface area contributed by atoms with Gasteiger partial charge in [0.05, 0.1) is 0 Å². The number of nitrogens with zero attached hydrogens (tertiary/aromatic N) is 1. The summed E-state index contributed by atoms with van der Waals surface area (Å²) in [6, 6.07) is -0.924. The lowest BCUT2D eigenvalue weighted by Gasteiger charge is -2.44. The minimum Gasteiger partial charge on any atom is -0.479 e. The van der Waals surface area contributed by atoms with Gasteiger partial charge in [-0.15, -0.1) is 0 Å². The highest BCUT2D eigenvalue weighted by atomic mass is 16.6. The van der Waals surface area contributed by atoms with Crippen LogP contribution in [0.4, 0.5) is 4.79 Å². The Labute approximate surface area is 180 Å². The molecule has 7 heteroatoms. The van der Waals surface area contributed by atoms with E-state index in [9.17, 15) is 19.5 Å². The third-order valence-corrected chi connectivity index (χ3v) is 5.44. The van der Waals surface area contributed by atoms with Crippen molar-refractivity contribution in [2.75, 3.05) is 7.05 Å². The monoisotopic (exact) mass is 425 g/mol. The van der Waals surface area contributed by atoms with Crippen LogP contribution in [0.3, 0.4) is 0 Å². The molecule has 172 valence electrons. The number of carbonyl (C=O) groups is 3. The van der Waals surface area contributed by atoms with E-state index in [1.807, 2.05) is 26.8 Å². The van der Waals surface area contributed by atoms with Gasteiger partial charge in [0.2, 0.25) is 0 Å². The molecule has 1 aliphatic rings. The Balaban J connectivity index is 2.98. The molecule has 0 aromatic carbocycles. The summed E-state index contributed by atoms with van der Waals surface area (Å²) in [7, 11) is 1.48. The number of amides is 1. The van der Waals surface area contributed by atoms with Gasteiger partial charge in [0.25, 0.3) is 0 Å². The number of allylic oxidation sites excluding steroid dienone is 2. The molecule has 0 radical (unpaired) electrons. The van der Waals surface area contributed by atoms with Crippen LogP contribution in [0.1, 0.15) is 68.2 Å². The molecule has 2 unspecified atom stereocenters. The number of ether oxygens (including phenoxy) is 2. The Hall–Kier alpha value is -2.05. The Morgan fingerprint density at radius 1 is 1.17 bits per heavy atom. The number of carbonyl (C=O) groups excluding carboxylic acids is 2. The topological polar surface area (TPSA) is 93.1 Å². The maximum atomic E-state index is 13.0.